The van der Waals surface area contributed by atoms with Crippen molar-refractivity contribution in [2.24, 2.45) is 0 Å². The number of rotatable bonds is 1. The molecule has 2 rings (SSSR count). The third-order valence-electron chi connectivity index (χ3n) is 2.36. The van der Waals surface area contributed by atoms with Crippen molar-refractivity contribution in [2.75, 3.05) is 5.73 Å². The molecular formula is C11H10N2S. The Morgan fingerprint density at radius 1 is 1.57 bits per heavy atom. The molecule has 1 aromatic carbocycles. The molecule has 0 atom stereocenters. The van der Waals surface area contributed by atoms with Gasteiger partial charge >= 0.3 is 0 Å². The third-order valence-corrected chi connectivity index (χ3v) is 3.33. The molecule has 1 heterocycles. The Balaban J connectivity index is 2.87. The monoisotopic (exact) mass is 202 g/mol. The Kier molecular flexibility index (Phi) is 2.14. The van der Waals surface area contributed by atoms with Gasteiger partial charge in [-0.05, 0) is 34.9 Å². The van der Waals surface area contributed by atoms with Crippen LogP contribution in [0.25, 0.3) is 10.1 Å². The second-order valence-electron chi connectivity index (χ2n) is 3.12. The van der Waals surface area contributed by atoms with Crippen LogP contribution in [0.3, 0.4) is 0 Å². The van der Waals surface area contributed by atoms with Gasteiger partial charge in [0.25, 0.3) is 0 Å². The van der Waals surface area contributed by atoms with Gasteiger partial charge in [-0.2, -0.15) is 5.26 Å². The first-order valence-electron chi connectivity index (χ1n) is 4.46. The standard InChI is InChI=1S/C11H10N2S/c1-2-9-8(6-12)5-7-3-4-14-11(7)10(9)13/h3-5H,2,13H2,1H3. The molecule has 70 valence electrons. The van der Waals surface area contributed by atoms with Crippen LogP contribution in [-0.4, -0.2) is 0 Å². The van der Waals surface area contributed by atoms with Gasteiger partial charge in [0, 0.05) is 0 Å². The largest absolute Gasteiger partial charge is 0.397 e. The number of hydrogen-bond acceptors (Lipinski definition) is 3. The van der Waals surface area contributed by atoms with Gasteiger partial charge in [-0.15, -0.1) is 11.3 Å². The van der Waals surface area contributed by atoms with Gasteiger partial charge in [0.15, 0.2) is 0 Å². The van der Waals surface area contributed by atoms with Crippen LogP contribution in [0.4, 0.5) is 5.69 Å². The number of anilines is 1. The summed E-state index contributed by atoms with van der Waals surface area (Å²) in [7, 11) is 0. The van der Waals surface area contributed by atoms with E-state index in [4.69, 9.17) is 11.0 Å². The predicted molar refractivity (Wildman–Crippen MR) is 60.3 cm³/mol. The number of nitrogens with two attached hydrogens (primary N) is 1. The van der Waals surface area contributed by atoms with Crippen molar-refractivity contribution in [1.82, 2.24) is 0 Å². The molecule has 0 radical (unpaired) electrons. The predicted octanol–water partition coefficient (Wildman–Crippen LogP) is 2.92. The van der Waals surface area contributed by atoms with Crippen LogP contribution in [0, 0.1) is 11.3 Å². The quantitative estimate of drug-likeness (QED) is 0.723. The van der Waals surface area contributed by atoms with E-state index >= 15 is 0 Å². The molecule has 0 aliphatic rings. The molecule has 0 fully saturated rings. The normalized spacial score (nSPS) is 10.3. The number of thiophene rings is 1. The fraction of sp³-hybridized carbons (Fsp3) is 0.182. The molecule has 2 N–H and O–H groups in total. The van der Waals surface area contributed by atoms with E-state index in [-0.39, 0.29) is 0 Å². The summed E-state index contributed by atoms with van der Waals surface area (Å²) in [4.78, 5) is 0. The Hall–Kier alpha value is -1.53. The minimum absolute atomic E-state index is 0.705. The Morgan fingerprint density at radius 2 is 2.36 bits per heavy atom. The van der Waals surface area contributed by atoms with E-state index in [9.17, 15) is 0 Å². The highest BCUT2D eigenvalue weighted by Gasteiger charge is 2.09. The number of nitriles is 1. The molecule has 0 saturated carbocycles. The summed E-state index contributed by atoms with van der Waals surface area (Å²) < 4.78 is 1.10. The maximum absolute atomic E-state index is 8.97. The minimum atomic E-state index is 0.705. The van der Waals surface area contributed by atoms with Gasteiger partial charge in [-0.25, -0.2) is 0 Å². The van der Waals surface area contributed by atoms with Crippen molar-refractivity contribution in [3.63, 3.8) is 0 Å². The summed E-state index contributed by atoms with van der Waals surface area (Å²) in [6.07, 6.45) is 0.808. The summed E-state index contributed by atoms with van der Waals surface area (Å²) >= 11 is 1.63. The SMILES string of the molecule is CCc1c(C#N)cc2ccsc2c1N. The van der Waals surface area contributed by atoms with Gasteiger partial charge in [-0.3, -0.25) is 0 Å². The molecule has 3 heteroatoms. The molecule has 14 heavy (non-hydrogen) atoms. The first-order chi connectivity index (χ1) is 6.77. The second kappa shape index (κ2) is 3.32. The van der Waals surface area contributed by atoms with Gasteiger partial charge in [0.05, 0.1) is 22.0 Å². The molecular weight excluding hydrogens is 192 g/mol. The van der Waals surface area contributed by atoms with E-state index in [0.29, 0.717) is 5.56 Å². The van der Waals surface area contributed by atoms with Crippen LogP contribution in [0.2, 0.25) is 0 Å². The molecule has 0 unspecified atom stereocenters. The van der Waals surface area contributed by atoms with Crippen LogP contribution in [0.5, 0.6) is 0 Å². The van der Waals surface area contributed by atoms with E-state index in [2.05, 4.69) is 6.07 Å². The lowest BCUT2D eigenvalue weighted by Crippen LogP contribution is -1.96. The maximum Gasteiger partial charge on any atom is 0.0995 e. The third kappa shape index (κ3) is 1.16. The van der Waals surface area contributed by atoms with E-state index in [1.807, 2.05) is 24.4 Å². The lowest BCUT2D eigenvalue weighted by Gasteiger charge is -2.06. The summed E-state index contributed by atoms with van der Waals surface area (Å²) in [5.74, 6) is 0. The smallest absolute Gasteiger partial charge is 0.0995 e. The molecule has 2 aromatic rings. The average Bonchev–Trinajstić information content (AvgIpc) is 2.65. The molecule has 0 amide bonds. The van der Waals surface area contributed by atoms with Gasteiger partial charge in [-0.1, -0.05) is 6.92 Å². The molecule has 0 saturated heterocycles. The fourth-order valence-electron chi connectivity index (χ4n) is 1.66. The van der Waals surface area contributed by atoms with Crippen LogP contribution >= 0.6 is 11.3 Å². The lowest BCUT2D eigenvalue weighted by molar-refractivity contribution is 1.14. The van der Waals surface area contributed by atoms with Crippen LogP contribution in [0.1, 0.15) is 18.1 Å². The van der Waals surface area contributed by atoms with Crippen molar-refractivity contribution < 1.29 is 0 Å². The van der Waals surface area contributed by atoms with Crippen molar-refractivity contribution >= 4 is 27.1 Å². The van der Waals surface area contributed by atoms with Gasteiger partial charge < -0.3 is 5.73 Å². The number of nitrogens with zero attached hydrogens (tertiary/aromatic N) is 1. The number of nitrogen functional groups attached to an aromatic ring is 1. The summed E-state index contributed by atoms with van der Waals surface area (Å²) in [6.45, 7) is 2.02. The molecule has 1 aromatic heterocycles. The maximum atomic E-state index is 8.97. The van der Waals surface area contributed by atoms with Crippen molar-refractivity contribution in [3.05, 3.63) is 28.6 Å². The number of hydrogen-bond donors (Lipinski definition) is 1. The zero-order valence-corrected chi connectivity index (χ0v) is 8.69. The van der Waals surface area contributed by atoms with Crippen molar-refractivity contribution in [3.8, 4) is 6.07 Å². The van der Waals surface area contributed by atoms with E-state index in [0.717, 1.165) is 27.8 Å². The van der Waals surface area contributed by atoms with Crippen LogP contribution < -0.4 is 5.73 Å². The molecule has 2 nitrogen and oxygen atoms in total. The van der Waals surface area contributed by atoms with E-state index in [1.165, 1.54) is 0 Å². The summed E-state index contributed by atoms with van der Waals surface area (Å²) in [6, 6.07) is 6.11. The zero-order valence-electron chi connectivity index (χ0n) is 7.87. The average molecular weight is 202 g/mol. The summed E-state index contributed by atoms with van der Waals surface area (Å²) in [5.41, 5.74) is 8.46. The van der Waals surface area contributed by atoms with E-state index in [1.54, 1.807) is 11.3 Å². The number of fused-ring (bicyclic) bond motifs is 1. The molecule has 0 aliphatic heterocycles. The topological polar surface area (TPSA) is 49.8 Å². The highest BCUT2D eigenvalue weighted by atomic mass is 32.1. The molecule has 0 spiro atoms. The second-order valence-corrected chi connectivity index (χ2v) is 4.04. The van der Waals surface area contributed by atoms with Crippen molar-refractivity contribution in [2.45, 2.75) is 13.3 Å². The Labute approximate surface area is 86.6 Å². The van der Waals surface area contributed by atoms with E-state index < -0.39 is 0 Å². The van der Waals surface area contributed by atoms with Gasteiger partial charge in [0.2, 0.25) is 0 Å². The fourth-order valence-corrected chi connectivity index (χ4v) is 2.52. The first kappa shape index (κ1) is 9.04. The van der Waals surface area contributed by atoms with Crippen LogP contribution in [-0.2, 0) is 6.42 Å². The van der Waals surface area contributed by atoms with Crippen LogP contribution in [0.15, 0.2) is 17.5 Å². The first-order valence-corrected chi connectivity index (χ1v) is 5.34. The van der Waals surface area contributed by atoms with Crippen molar-refractivity contribution in [1.29, 1.82) is 5.26 Å². The lowest BCUT2D eigenvalue weighted by atomic mass is 10.0. The Bertz CT molecular complexity index is 520. The molecule has 0 bridgehead atoms. The highest BCUT2D eigenvalue weighted by molar-refractivity contribution is 7.17. The highest BCUT2D eigenvalue weighted by Crippen LogP contribution is 2.32. The zero-order chi connectivity index (χ0) is 10.1. The molecule has 0 aliphatic carbocycles. The summed E-state index contributed by atoms with van der Waals surface area (Å²) in [5, 5.41) is 12.0. The van der Waals surface area contributed by atoms with Gasteiger partial charge in [0.1, 0.15) is 0 Å². The number of benzene rings is 1. The minimum Gasteiger partial charge on any atom is -0.397 e. The Morgan fingerprint density at radius 3 is 3.00 bits per heavy atom.